The molecule has 202 valence electrons. The molecule has 0 radical (unpaired) electrons. The van der Waals surface area contributed by atoms with Gasteiger partial charge in [-0.15, -0.1) is 0 Å². The topological polar surface area (TPSA) is 172 Å². The normalized spacial score (nSPS) is 11.8. The maximum atomic E-state index is 12.1. The zero-order valence-corrected chi connectivity index (χ0v) is 22.2. The van der Waals surface area contributed by atoms with Gasteiger partial charge in [-0.2, -0.15) is 11.8 Å². The van der Waals surface area contributed by atoms with Crippen LogP contribution in [0, 0.1) is 10.1 Å². The third kappa shape index (κ3) is 11.1. The Balaban J connectivity index is 2.91. The lowest BCUT2D eigenvalue weighted by molar-refractivity contribution is -0.385. The second-order valence-corrected chi connectivity index (χ2v) is 9.81. The van der Waals surface area contributed by atoms with Crippen LogP contribution >= 0.6 is 11.8 Å². The van der Waals surface area contributed by atoms with Crippen LogP contribution in [0.4, 0.5) is 10.5 Å². The van der Waals surface area contributed by atoms with E-state index in [9.17, 15) is 24.5 Å². The van der Waals surface area contributed by atoms with Crippen LogP contribution in [0.5, 0.6) is 5.75 Å². The maximum Gasteiger partial charge on any atom is 0.408 e. The standard InChI is InChI=1S/C23H36N4O8S/c1-23(2,3)35-22(30)26-17(21(29)34-5)14-36-13-16-12-19(33-4)15(11-18(16)27(31)32)7-6-8-20(28)25-10-9-24/h11-12,17H,6-10,13-14,24H2,1-5H3,(H,25,28)(H,26,30). The van der Waals surface area contributed by atoms with Crippen molar-refractivity contribution in [2.75, 3.05) is 33.1 Å². The Kier molecular flexibility index (Phi) is 13.0. The molecule has 0 spiro atoms. The molecule has 1 unspecified atom stereocenters. The summed E-state index contributed by atoms with van der Waals surface area (Å²) in [4.78, 5) is 47.2. The predicted octanol–water partition coefficient (Wildman–Crippen LogP) is 2.30. The molecule has 1 aromatic rings. The molecule has 0 bridgehead atoms. The van der Waals surface area contributed by atoms with E-state index in [4.69, 9.17) is 19.9 Å². The number of amides is 2. The Hall–Kier alpha value is -3.06. The Bertz CT molecular complexity index is 920. The summed E-state index contributed by atoms with van der Waals surface area (Å²) in [5.41, 5.74) is 5.53. The number of thioether (sulfide) groups is 1. The molecule has 0 aliphatic rings. The van der Waals surface area contributed by atoms with Crippen molar-refractivity contribution >= 4 is 35.4 Å². The number of nitrogens with zero attached hydrogens (tertiary/aromatic N) is 1. The van der Waals surface area contributed by atoms with E-state index in [1.165, 1.54) is 32.0 Å². The highest BCUT2D eigenvalue weighted by atomic mass is 32.2. The molecule has 0 saturated carbocycles. The van der Waals surface area contributed by atoms with Crippen LogP contribution in [0.25, 0.3) is 0 Å². The molecule has 0 heterocycles. The lowest BCUT2D eigenvalue weighted by atomic mass is 10.0. The van der Waals surface area contributed by atoms with Crippen molar-refractivity contribution in [2.45, 2.75) is 57.4 Å². The van der Waals surface area contributed by atoms with Crippen LogP contribution in [0.1, 0.15) is 44.7 Å². The van der Waals surface area contributed by atoms with Gasteiger partial charge in [-0.05, 0) is 39.7 Å². The summed E-state index contributed by atoms with van der Waals surface area (Å²) in [6.45, 7) is 5.83. The molecular formula is C23H36N4O8S. The number of nitrogens with two attached hydrogens (primary N) is 1. The van der Waals surface area contributed by atoms with Crippen molar-refractivity contribution < 1.29 is 33.5 Å². The number of carbonyl (C=O) groups is 3. The number of esters is 1. The molecule has 2 amide bonds. The predicted molar refractivity (Wildman–Crippen MR) is 136 cm³/mol. The fourth-order valence-electron chi connectivity index (χ4n) is 3.11. The molecule has 0 aromatic heterocycles. The van der Waals surface area contributed by atoms with Gasteiger partial charge < -0.3 is 30.6 Å². The van der Waals surface area contributed by atoms with Crippen LogP contribution in [0.3, 0.4) is 0 Å². The summed E-state index contributed by atoms with van der Waals surface area (Å²) < 4.78 is 15.4. The minimum Gasteiger partial charge on any atom is -0.496 e. The number of ether oxygens (including phenoxy) is 3. The first kappa shape index (κ1) is 31.0. The van der Waals surface area contributed by atoms with Gasteiger partial charge >= 0.3 is 12.1 Å². The zero-order valence-electron chi connectivity index (χ0n) is 21.4. The summed E-state index contributed by atoms with van der Waals surface area (Å²) >= 11 is 1.21. The monoisotopic (exact) mass is 528 g/mol. The molecule has 36 heavy (non-hydrogen) atoms. The molecule has 0 saturated heterocycles. The minimum atomic E-state index is -1.000. The lowest BCUT2D eigenvalue weighted by Crippen LogP contribution is -2.45. The molecule has 12 nitrogen and oxygen atoms in total. The second-order valence-electron chi connectivity index (χ2n) is 8.78. The number of nitro groups is 1. The minimum absolute atomic E-state index is 0.0967. The largest absolute Gasteiger partial charge is 0.496 e. The van der Waals surface area contributed by atoms with Crippen LogP contribution < -0.4 is 21.1 Å². The zero-order chi connectivity index (χ0) is 27.3. The molecule has 13 heteroatoms. The molecule has 0 fully saturated rings. The molecular weight excluding hydrogens is 492 g/mol. The summed E-state index contributed by atoms with van der Waals surface area (Å²) in [6.07, 6.45) is 0.383. The summed E-state index contributed by atoms with van der Waals surface area (Å²) in [5.74, 6) is -0.0495. The van der Waals surface area contributed by atoms with Crippen molar-refractivity contribution in [3.8, 4) is 5.75 Å². The van der Waals surface area contributed by atoms with E-state index < -0.39 is 28.6 Å². The number of carbonyl (C=O) groups excluding carboxylic acids is 3. The fourth-order valence-corrected chi connectivity index (χ4v) is 4.14. The Morgan fingerprint density at radius 2 is 1.89 bits per heavy atom. The quantitative estimate of drug-likeness (QED) is 0.185. The Labute approximate surface area is 215 Å². The molecule has 1 rings (SSSR count). The van der Waals surface area contributed by atoms with Crippen LogP contribution in [0.2, 0.25) is 0 Å². The van der Waals surface area contributed by atoms with E-state index in [-0.39, 0.29) is 29.5 Å². The highest BCUT2D eigenvalue weighted by molar-refractivity contribution is 7.98. The van der Waals surface area contributed by atoms with Crippen LogP contribution in [0.15, 0.2) is 12.1 Å². The first-order valence-corrected chi connectivity index (χ1v) is 12.5. The van der Waals surface area contributed by atoms with Crippen LogP contribution in [-0.4, -0.2) is 67.6 Å². The number of methoxy groups -OCH3 is 2. The van der Waals surface area contributed by atoms with E-state index >= 15 is 0 Å². The van der Waals surface area contributed by atoms with Gasteiger partial charge in [-0.25, -0.2) is 9.59 Å². The van der Waals surface area contributed by atoms with E-state index in [0.717, 1.165) is 0 Å². The molecule has 1 atom stereocenters. The number of alkyl carbamates (subject to hydrolysis) is 1. The van der Waals surface area contributed by atoms with Gasteiger partial charge in [-0.3, -0.25) is 14.9 Å². The summed E-state index contributed by atoms with van der Waals surface area (Å²) in [7, 11) is 2.67. The summed E-state index contributed by atoms with van der Waals surface area (Å²) in [5, 5.41) is 16.9. The number of nitro benzene ring substituents is 1. The van der Waals surface area contributed by atoms with Crippen molar-refractivity contribution in [3.63, 3.8) is 0 Å². The third-order valence-corrected chi connectivity index (χ3v) is 5.80. The first-order valence-electron chi connectivity index (χ1n) is 11.4. The van der Waals surface area contributed by atoms with Gasteiger partial charge in [0.1, 0.15) is 17.4 Å². The van der Waals surface area contributed by atoms with Crippen molar-refractivity contribution in [1.29, 1.82) is 0 Å². The number of hydrogen-bond donors (Lipinski definition) is 3. The van der Waals surface area contributed by atoms with Gasteiger partial charge in [0.15, 0.2) is 0 Å². The number of benzene rings is 1. The lowest BCUT2D eigenvalue weighted by Gasteiger charge is -2.22. The highest BCUT2D eigenvalue weighted by Gasteiger charge is 2.26. The molecule has 0 aliphatic carbocycles. The van der Waals surface area contributed by atoms with Crippen molar-refractivity contribution in [3.05, 3.63) is 33.4 Å². The molecule has 0 aliphatic heterocycles. The van der Waals surface area contributed by atoms with Crippen molar-refractivity contribution in [1.82, 2.24) is 10.6 Å². The average molecular weight is 529 g/mol. The third-order valence-electron chi connectivity index (χ3n) is 4.71. The Morgan fingerprint density at radius 3 is 2.44 bits per heavy atom. The van der Waals surface area contributed by atoms with Gasteiger partial charge in [0.25, 0.3) is 5.69 Å². The number of hydrogen-bond acceptors (Lipinski definition) is 10. The Morgan fingerprint density at radius 1 is 1.19 bits per heavy atom. The molecule has 4 N–H and O–H groups in total. The number of nitrogens with one attached hydrogen (secondary N) is 2. The second kappa shape index (κ2) is 15.1. The van der Waals surface area contributed by atoms with Gasteiger partial charge in [0.2, 0.25) is 5.91 Å². The van der Waals surface area contributed by atoms with E-state index in [0.29, 0.717) is 42.8 Å². The van der Waals surface area contributed by atoms with E-state index in [2.05, 4.69) is 10.6 Å². The van der Waals surface area contributed by atoms with Gasteiger partial charge in [0, 0.05) is 48.2 Å². The fraction of sp³-hybridized carbons (Fsp3) is 0.609. The highest BCUT2D eigenvalue weighted by Crippen LogP contribution is 2.32. The molecule has 1 aromatic carbocycles. The first-order chi connectivity index (χ1) is 16.9. The number of aryl methyl sites for hydroxylation is 1. The SMILES string of the molecule is COC(=O)C(CSCc1cc(OC)c(CCCC(=O)NCCN)cc1[N+](=O)[O-])NC(=O)OC(C)(C)C. The van der Waals surface area contributed by atoms with Crippen molar-refractivity contribution in [2.24, 2.45) is 5.73 Å². The number of rotatable bonds is 14. The van der Waals surface area contributed by atoms with Gasteiger partial charge in [-0.1, -0.05) is 0 Å². The van der Waals surface area contributed by atoms with Crippen LogP contribution in [-0.2, 0) is 31.2 Å². The summed E-state index contributed by atoms with van der Waals surface area (Å²) in [6, 6.07) is 2.03. The van der Waals surface area contributed by atoms with E-state index in [1.807, 2.05) is 0 Å². The van der Waals surface area contributed by atoms with E-state index in [1.54, 1.807) is 26.8 Å². The smallest absolute Gasteiger partial charge is 0.408 e. The average Bonchev–Trinajstić information content (AvgIpc) is 2.80. The maximum absolute atomic E-state index is 12.1. The van der Waals surface area contributed by atoms with Gasteiger partial charge in [0.05, 0.1) is 19.1 Å².